The average molecular weight is 987 g/mol. The summed E-state index contributed by atoms with van der Waals surface area (Å²) in [6.45, 7) is 6.07. The number of phenols is 2. The van der Waals surface area contributed by atoms with E-state index in [4.69, 9.17) is 8.83 Å². The van der Waals surface area contributed by atoms with Gasteiger partial charge >= 0.3 is 11.9 Å². The standard InChI is InChI=1S/2C25H19NO8S/c2*1-2-35(32,33)10-9-26-24(29)14-3-6-17(20(11-14)25(30)31)23-18-7-4-15(27)12-21(18)34-22-13-16(28)5-8-19(22)23/h2*2-8,11-13,27H,1,9-10H2,(H,26,29)(H,30,31). The van der Waals surface area contributed by atoms with Gasteiger partial charge in [0.05, 0.1) is 22.6 Å². The molecular weight excluding hydrogens is 949 g/mol. The smallest absolute Gasteiger partial charge is 0.336 e. The maximum Gasteiger partial charge on any atom is 0.336 e. The van der Waals surface area contributed by atoms with Crippen molar-refractivity contribution in [3.63, 3.8) is 0 Å². The minimum atomic E-state index is -3.50. The summed E-state index contributed by atoms with van der Waals surface area (Å²) in [6.07, 6.45) is 0. The van der Waals surface area contributed by atoms with E-state index in [1.807, 2.05) is 0 Å². The van der Waals surface area contributed by atoms with Gasteiger partial charge in [0, 0.05) is 92.3 Å². The van der Waals surface area contributed by atoms with Gasteiger partial charge in [-0.1, -0.05) is 25.3 Å². The van der Waals surface area contributed by atoms with Gasteiger partial charge in [-0.15, -0.1) is 0 Å². The number of carbonyl (C=O) groups excluding carboxylic acids is 2. The van der Waals surface area contributed by atoms with Crippen LogP contribution in [0.3, 0.4) is 0 Å². The first kappa shape index (κ1) is 49.0. The van der Waals surface area contributed by atoms with Crippen molar-refractivity contribution in [3.8, 4) is 56.4 Å². The van der Waals surface area contributed by atoms with E-state index in [9.17, 15) is 66.0 Å². The number of hydrogen-bond acceptors (Lipinski definition) is 14. The summed E-state index contributed by atoms with van der Waals surface area (Å²) in [4.78, 5) is 73.3. The van der Waals surface area contributed by atoms with Crippen molar-refractivity contribution < 1.29 is 65.3 Å². The fraction of sp³-hybridized carbons (Fsp3) is 0.0800. The lowest BCUT2D eigenvalue weighted by molar-refractivity contribution is 0.0686. The number of carbonyl (C=O) groups is 4. The number of nitrogens with one attached hydrogen (secondary N) is 2. The molecule has 70 heavy (non-hydrogen) atoms. The second-order valence-electron chi connectivity index (χ2n) is 15.3. The van der Waals surface area contributed by atoms with Gasteiger partial charge in [-0.3, -0.25) is 19.2 Å². The Labute approximate surface area is 396 Å². The highest BCUT2D eigenvalue weighted by molar-refractivity contribution is 7.94. The zero-order valence-corrected chi connectivity index (χ0v) is 37.9. The quantitative estimate of drug-likeness (QED) is 0.0632. The molecule has 0 spiro atoms. The molecule has 18 nitrogen and oxygen atoms in total. The van der Waals surface area contributed by atoms with Crippen LogP contribution in [0.15, 0.2) is 152 Å². The van der Waals surface area contributed by atoms with Crippen molar-refractivity contribution in [1.82, 2.24) is 10.6 Å². The molecule has 2 amide bonds. The first-order chi connectivity index (χ1) is 33.2. The summed E-state index contributed by atoms with van der Waals surface area (Å²) >= 11 is 0. The van der Waals surface area contributed by atoms with Crippen molar-refractivity contribution in [2.24, 2.45) is 0 Å². The van der Waals surface area contributed by atoms with Gasteiger partial charge in [-0.2, -0.15) is 0 Å². The van der Waals surface area contributed by atoms with Crippen molar-refractivity contribution in [2.75, 3.05) is 24.6 Å². The summed E-state index contributed by atoms with van der Waals surface area (Å²) in [5, 5.41) is 47.1. The first-order valence-corrected chi connectivity index (χ1v) is 24.0. The van der Waals surface area contributed by atoms with Crippen molar-refractivity contribution in [2.45, 2.75) is 0 Å². The second-order valence-corrected chi connectivity index (χ2v) is 19.5. The number of carboxylic acid groups (broad SMARTS) is 2. The number of sulfone groups is 2. The van der Waals surface area contributed by atoms with Gasteiger partial charge in [0.2, 0.25) is 0 Å². The number of hydrogen-bond donors (Lipinski definition) is 6. The van der Waals surface area contributed by atoms with E-state index in [0.29, 0.717) is 33.0 Å². The number of aromatic hydroxyl groups is 2. The van der Waals surface area contributed by atoms with Crippen molar-refractivity contribution in [1.29, 1.82) is 0 Å². The Bertz CT molecular complexity index is 3520. The van der Waals surface area contributed by atoms with Gasteiger partial charge in [-0.05, 0) is 83.9 Å². The molecule has 0 saturated carbocycles. The molecule has 2 heterocycles. The van der Waals surface area contributed by atoms with Crippen LogP contribution in [-0.4, -0.2) is 85.6 Å². The van der Waals surface area contributed by atoms with Gasteiger partial charge in [0.1, 0.15) is 34.2 Å². The molecule has 8 rings (SSSR count). The van der Waals surface area contributed by atoms with Crippen LogP contribution in [0.2, 0.25) is 0 Å². The number of benzene rings is 6. The zero-order valence-electron chi connectivity index (χ0n) is 36.3. The Hall–Kier alpha value is -8.88. The molecule has 4 aromatic carbocycles. The Kier molecular flexibility index (Phi) is 13.8. The fourth-order valence-corrected chi connectivity index (χ4v) is 8.55. The molecule has 2 aliphatic carbocycles. The van der Waals surface area contributed by atoms with E-state index in [1.165, 1.54) is 97.1 Å². The lowest BCUT2D eigenvalue weighted by atomic mass is 9.90. The summed E-state index contributed by atoms with van der Waals surface area (Å²) in [5.74, 6) is -4.32. The van der Waals surface area contributed by atoms with Crippen LogP contribution >= 0.6 is 0 Å². The summed E-state index contributed by atoms with van der Waals surface area (Å²) < 4.78 is 57.7. The monoisotopic (exact) mass is 986 g/mol. The van der Waals surface area contributed by atoms with Crippen LogP contribution < -0.4 is 21.5 Å². The highest BCUT2D eigenvalue weighted by atomic mass is 32.2. The van der Waals surface area contributed by atoms with Crippen LogP contribution in [0, 0.1) is 0 Å². The molecule has 6 N–H and O–H groups in total. The van der Waals surface area contributed by atoms with E-state index >= 15 is 0 Å². The minimum Gasteiger partial charge on any atom is -0.508 e. The molecule has 0 saturated heterocycles. The van der Waals surface area contributed by atoms with Gasteiger partial charge in [-0.25, -0.2) is 26.4 Å². The Morgan fingerprint density at radius 1 is 0.514 bits per heavy atom. The topological polar surface area (TPSA) is 302 Å². The highest BCUT2D eigenvalue weighted by Gasteiger charge is 2.25. The summed E-state index contributed by atoms with van der Waals surface area (Å²) in [7, 11) is -7.01. The molecule has 0 atom stereocenters. The predicted molar refractivity (Wildman–Crippen MR) is 259 cm³/mol. The molecule has 0 aromatic heterocycles. The molecule has 0 unspecified atom stereocenters. The lowest BCUT2D eigenvalue weighted by Gasteiger charge is -2.17. The summed E-state index contributed by atoms with van der Waals surface area (Å²) in [5.41, 5.74) is 1.88. The first-order valence-electron chi connectivity index (χ1n) is 20.6. The molecule has 20 heteroatoms. The van der Waals surface area contributed by atoms with Gasteiger partial charge in [0.25, 0.3) is 11.8 Å². The minimum absolute atomic E-state index is 0.0240. The maximum atomic E-state index is 12.5. The second kappa shape index (κ2) is 19.8. The normalized spacial score (nSPS) is 11.4. The molecule has 356 valence electrons. The Balaban J connectivity index is 0.000000206. The number of fused-ring (bicyclic) bond motifs is 4. The van der Waals surface area contributed by atoms with Crippen LogP contribution in [0.25, 0.3) is 66.8 Å². The van der Waals surface area contributed by atoms with E-state index in [-0.39, 0.29) is 103 Å². The van der Waals surface area contributed by atoms with E-state index in [2.05, 4.69) is 23.8 Å². The van der Waals surface area contributed by atoms with Crippen molar-refractivity contribution in [3.05, 3.63) is 176 Å². The van der Waals surface area contributed by atoms with Crippen LogP contribution in [0.5, 0.6) is 11.5 Å². The molecule has 4 aliphatic rings. The molecule has 0 fully saturated rings. The van der Waals surface area contributed by atoms with Gasteiger partial charge in [0.15, 0.2) is 30.5 Å². The Morgan fingerprint density at radius 3 is 1.24 bits per heavy atom. The molecule has 2 aliphatic heterocycles. The maximum absolute atomic E-state index is 12.5. The highest BCUT2D eigenvalue weighted by Crippen LogP contribution is 2.43. The molecular formula is C50H38N2O16S2. The fourth-order valence-electron chi connectivity index (χ4n) is 7.44. The molecule has 4 aromatic rings. The third kappa shape index (κ3) is 10.6. The van der Waals surface area contributed by atoms with E-state index < -0.39 is 43.4 Å². The van der Waals surface area contributed by atoms with E-state index in [1.54, 1.807) is 12.1 Å². The predicted octanol–water partition coefficient (Wildman–Crippen LogP) is 6.51. The van der Waals surface area contributed by atoms with E-state index in [0.717, 1.165) is 10.8 Å². The number of aromatic carboxylic acids is 2. The van der Waals surface area contributed by atoms with Crippen LogP contribution in [-0.2, 0) is 19.7 Å². The summed E-state index contributed by atoms with van der Waals surface area (Å²) in [6, 6.07) is 25.1. The number of rotatable bonds is 14. The number of amides is 2. The number of carboxylic acids is 2. The SMILES string of the molecule is C=CS(=O)(=O)CCNC(=O)c1ccc(-c2c3ccc(=O)cc-3oc3cc(O)ccc23)c(C(=O)O)c1.C=CS(=O)(=O)CCNC(=O)c1ccc(-c2c3ccc(=O)cc-3oc3cc(O)ccc23)c(C(=O)O)c1. The molecule has 0 radical (unpaired) electrons. The lowest BCUT2D eigenvalue weighted by Crippen LogP contribution is -2.28. The third-order valence-corrected chi connectivity index (χ3v) is 13.3. The van der Waals surface area contributed by atoms with Crippen LogP contribution in [0.4, 0.5) is 0 Å². The van der Waals surface area contributed by atoms with Gasteiger partial charge < -0.3 is 39.9 Å². The third-order valence-electron chi connectivity index (χ3n) is 10.8. The molecule has 0 bridgehead atoms. The average Bonchev–Trinajstić information content (AvgIpc) is 3.32. The number of phenolic OH excluding ortho intramolecular Hbond substituents is 2. The van der Waals surface area contributed by atoms with Crippen LogP contribution in [0.1, 0.15) is 41.4 Å². The van der Waals surface area contributed by atoms with Crippen molar-refractivity contribution >= 4 is 65.4 Å². The Morgan fingerprint density at radius 2 is 0.886 bits per heavy atom. The largest absolute Gasteiger partial charge is 0.508 e. The zero-order chi connectivity index (χ0) is 50.7.